The minimum Gasteiger partial charge on any atom is -0.486 e. The van der Waals surface area contributed by atoms with Gasteiger partial charge in [-0.3, -0.25) is 4.79 Å². The smallest absolute Gasteiger partial charge is 0.326 e. The van der Waals surface area contributed by atoms with Crippen LogP contribution in [0.3, 0.4) is 0 Å². The Morgan fingerprint density at radius 1 is 1.38 bits per heavy atom. The van der Waals surface area contributed by atoms with Crippen LogP contribution in [0, 0.1) is 0 Å². The van der Waals surface area contributed by atoms with E-state index in [1.54, 1.807) is 31.2 Å². The van der Waals surface area contributed by atoms with Gasteiger partial charge in [-0.25, -0.2) is 9.78 Å². The number of benzene rings is 1. The van der Waals surface area contributed by atoms with E-state index in [-0.39, 0.29) is 18.4 Å². The van der Waals surface area contributed by atoms with Crippen molar-refractivity contribution in [2.24, 2.45) is 0 Å². The third-order valence-electron chi connectivity index (χ3n) is 4.11. The molecule has 0 bridgehead atoms. The summed E-state index contributed by atoms with van der Waals surface area (Å²) in [5, 5.41) is 12.4. The van der Waals surface area contributed by atoms with Crippen LogP contribution in [0.1, 0.15) is 30.5 Å². The number of aliphatic carboxylic acids is 1. The Labute approximate surface area is 160 Å². The molecule has 1 saturated carbocycles. The zero-order valence-corrected chi connectivity index (χ0v) is 15.8. The molecule has 1 fully saturated rings. The summed E-state index contributed by atoms with van der Waals surface area (Å²) >= 11 is 7.25. The second-order valence-corrected chi connectivity index (χ2v) is 7.58. The summed E-state index contributed by atoms with van der Waals surface area (Å²) in [7, 11) is 0. The lowest BCUT2D eigenvalue weighted by Crippen LogP contribution is -2.45. The number of amides is 1. The Morgan fingerprint density at radius 3 is 2.69 bits per heavy atom. The Kier molecular flexibility index (Phi) is 5.78. The molecule has 26 heavy (non-hydrogen) atoms. The molecule has 138 valence electrons. The van der Waals surface area contributed by atoms with E-state index >= 15 is 0 Å². The van der Waals surface area contributed by atoms with Crippen LogP contribution >= 0.6 is 22.9 Å². The van der Waals surface area contributed by atoms with Gasteiger partial charge in [-0.2, -0.15) is 0 Å². The van der Waals surface area contributed by atoms with E-state index in [1.165, 1.54) is 16.2 Å². The lowest BCUT2D eigenvalue weighted by molar-refractivity contribution is -0.149. The van der Waals surface area contributed by atoms with Gasteiger partial charge in [-0.1, -0.05) is 11.6 Å². The maximum atomic E-state index is 12.5. The highest BCUT2D eigenvalue weighted by molar-refractivity contribution is 7.09. The van der Waals surface area contributed by atoms with Crippen LogP contribution in [-0.4, -0.2) is 39.0 Å². The van der Waals surface area contributed by atoms with Crippen molar-refractivity contribution in [3.63, 3.8) is 0 Å². The molecule has 1 heterocycles. The summed E-state index contributed by atoms with van der Waals surface area (Å²) in [5.74, 6) is -0.490. The average molecular weight is 395 g/mol. The highest BCUT2D eigenvalue weighted by Gasteiger charge is 2.38. The molecular formula is C18H19ClN2O4S. The molecule has 0 spiro atoms. The number of aromatic nitrogens is 1. The number of ether oxygens (including phenoxy) is 1. The van der Waals surface area contributed by atoms with Gasteiger partial charge in [0, 0.05) is 16.4 Å². The lowest BCUT2D eigenvalue weighted by Gasteiger charge is -2.26. The first-order valence-corrected chi connectivity index (χ1v) is 9.55. The number of carboxylic acid groups (broad SMARTS) is 1. The van der Waals surface area contributed by atoms with Crippen molar-refractivity contribution >= 4 is 34.8 Å². The number of halogens is 1. The zero-order valence-electron chi connectivity index (χ0n) is 14.2. The van der Waals surface area contributed by atoms with Gasteiger partial charge < -0.3 is 14.7 Å². The molecule has 1 unspecified atom stereocenters. The fourth-order valence-corrected chi connectivity index (χ4v) is 3.46. The van der Waals surface area contributed by atoms with Crippen LogP contribution in [0.4, 0.5) is 0 Å². The normalized spacial score (nSPS) is 14.7. The molecule has 1 aliphatic rings. The van der Waals surface area contributed by atoms with Crippen LogP contribution < -0.4 is 4.74 Å². The molecule has 0 radical (unpaired) electrons. The fourth-order valence-electron chi connectivity index (χ4n) is 2.63. The Balaban J connectivity index is 1.57. The molecule has 1 amide bonds. The molecule has 1 atom stereocenters. The van der Waals surface area contributed by atoms with Gasteiger partial charge in [0.25, 0.3) is 0 Å². The van der Waals surface area contributed by atoms with Crippen molar-refractivity contribution in [3.05, 3.63) is 45.4 Å². The predicted molar refractivity (Wildman–Crippen MR) is 98.6 cm³/mol. The molecule has 0 aliphatic heterocycles. The van der Waals surface area contributed by atoms with E-state index in [4.69, 9.17) is 16.3 Å². The number of carboxylic acids is 1. The molecule has 1 aromatic heterocycles. The second-order valence-electron chi connectivity index (χ2n) is 6.20. The fraction of sp³-hybridized carbons (Fsp3) is 0.389. The highest BCUT2D eigenvalue weighted by Crippen LogP contribution is 2.29. The number of thiazole rings is 1. The van der Waals surface area contributed by atoms with Crippen LogP contribution in [0.15, 0.2) is 29.6 Å². The van der Waals surface area contributed by atoms with Crippen molar-refractivity contribution in [2.45, 2.75) is 44.9 Å². The first kappa shape index (κ1) is 18.7. The lowest BCUT2D eigenvalue weighted by atomic mass is 10.2. The first-order valence-electron chi connectivity index (χ1n) is 8.29. The van der Waals surface area contributed by atoms with Gasteiger partial charge in [0.1, 0.15) is 23.4 Å². The predicted octanol–water partition coefficient (Wildman–Crippen LogP) is 3.38. The van der Waals surface area contributed by atoms with E-state index in [1.807, 2.05) is 5.38 Å². The number of nitrogens with zero attached hydrogens (tertiary/aromatic N) is 2. The Hall–Kier alpha value is -2.12. The van der Waals surface area contributed by atoms with Crippen molar-refractivity contribution < 1.29 is 19.4 Å². The Morgan fingerprint density at radius 2 is 2.08 bits per heavy atom. The molecule has 8 heteroatoms. The SMILES string of the molecule is CC(C(=O)O)N(C(=O)Cc1csc(COc2ccc(Cl)cc2)n1)C1CC1. The van der Waals surface area contributed by atoms with Gasteiger partial charge >= 0.3 is 5.97 Å². The summed E-state index contributed by atoms with van der Waals surface area (Å²) in [6.07, 6.45) is 1.83. The second kappa shape index (κ2) is 8.05. The number of hydrogen-bond acceptors (Lipinski definition) is 5. The minimum atomic E-state index is -0.986. The average Bonchev–Trinajstić information content (AvgIpc) is 3.33. The summed E-state index contributed by atoms with van der Waals surface area (Å²) in [5.41, 5.74) is 0.637. The number of carbonyl (C=O) groups excluding carboxylic acids is 1. The number of rotatable bonds is 8. The zero-order chi connectivity index (χ0) is 18.7. The first-order chi connectivity index (χ1) is 12.4. The molecule has 0 saturated heterocycles. The topological polar surface area (TPSA) is 79.7 Å². The molecule has 1 N–H and O–H groups in total. The summed E-state index contributed by atoms with van der Waals surface area (Å²) in [6, 6.07) is 6.28. The van der Waals surface area contributed by atoms with Crippen molar-refractivity contribution in [1.29, 1.82) is 0 Å². The van der Waals surface area contributed by atoms with E-state index in [0.29, 0.717) is 23.1 Å². The maximum absolute atomic E-state index is 12.5. The molecule has 1 aromatic carbocycles. The van der Waals surface area contributed by atoms with Crippen molar-refractivity contribution in [2.75, 3.05) is 0 Å². The monoisotopic (exact) mass is 394 g/mol. The molecule has 6 nitrogen and oxygen atoms in total. The maximum Gasteiger partial charge on any atom is 0.326 e. The molecule has 3 rings (SSSR count). The summed E-state index contributed by atoms with van der Waals surface area (Å²) < 4.78 is 5.65. The summed E-state index contributed by atoms with van der Waals surface area (Å²) in [4.78, 5) is 29.7. The van der Waals surface area contributed by atoms with E-state index in [2.05, 4.69) is 4.98 Å². The Bertz CT molecular complexity index is 789. The highest BCUT2D eigenvalue weighted by atomic mass is 35.5. The van der Waals surface area contributed by atoms with E-state index < -0.39 is 12.0 Å². The van der Waals surface area contributed by atoms with Crippen LogP contribution in [0.5, 0.6) is 5.75 Å². The van der Waals surface area contributed by atoms with Crippen molar-refractivity contribution in [3.8, 4) is 5.75 Å². The largest absolute Gasteiger partial charge is 0.486 e. The van der Waals surface area contributed by atoms with Crippen LogP contribution in [-0.2, 0) is 22.6 Å². The van der Waals surface area contributed by atoms with Gasteiger partial charge in [0.05, 0.1) is 12.1 Å². The summed E-state index contributed by atoms with van der Waals surface area (Å²) in [6.45, 7) is 1.85. The van der Waals surface area contributed by atoms with Crippen molar-refractivity contribution in [1.82, 2.24) is 9.88 Å². The molecule has 1 aliphatic carbocycles. The van der Waals surface area contributed by atoms with Gasteiger partial charge in [-0.05, 0) is 44.0 Å². The molecule has 2 aromatic rings. The number of hydrogen-bond donors (Lipinski definition) is 1. The van der Waals surface area contributed by atoms with E-state index in [0.717, 1.165) is 17.8 Å². The third-order valence-corrected chi connectivity index (χ3v) is 5.23. The third kappa shape index (κ3) is 4.74. The van der Waals surface area contributed by atoms with Gasteiger partial charge in [-0.15, -0.1) is 11.3 Å². The standard InChI is InChI=1S/C18H19ClN2O4S/c1-11(18(23)24)21(14-4-5-14)17(22)8-13-10-26-16(20-13)9-25-15-6-2-12(19)3-7-15/h2-3,6-7,10-11,14H,4-5,8-9H2,1H3,(H,23,24). The minimum absolute atomic E-state index is 0.0416. The van der Waals surface area contributed by atoms with Crippen LogP contribution in [0.25, 0.3) is 0 Å². The quantitative estimate of drug-likeness (QED) is 0.742. The van der Waals surface area contributed by atoms with E-state index in [9.17, 15) is 14.7 Å². The van der Waals surface area contributed by atoms with Crippen LogP contribution in [0.2, 0.25) is 5.02 Å². The van der Waals surface area contributed by atoms with Gasteiger partial charge in [0.15, 0.2) is 0 Å². The van der Waals surface area contributed by atoms with Gasteiger partial charge in [0.2, 0.25) is 5.91 Å². The number of carbonyl (C=O) groups is 2. The molecular weight excluding hydrogens is 376 g/mol.